The molecular formula is C17H16N2O3. The molecule has 1 aromatic carbocycles. The van der Waals surface area contributed by atoms with Crippen LogP contribution in [0.3, 0.4) is 0 Å². The Morgan fingerprint density at radius 2 is 1.95 bits per heavy atom. The van der Waals surface area contributed by atoms with Crippen molar-refractivity contribution in [2.24, 2.45) is 0 Å². The summed E-state index contributed by atoms with van der Waals surface area (Å²) >= 11 is 0. The average Bonchev–Trinajstić information content (AvgIpc) is 2.97. The number of hydrogen-bond donors (Lipinski definition) is 2. The van der Waals surface area contributed by atoms with Crippen molar-refractivity contribution in [2.75, 3.05) is 0 Å². The number of hydrogen-bond acceptors (Lipinski definition) is 4. The highest BCUT2D eigenvalue weighted by molar-refractivity contribution is 5.96. The molecule has 0 radical (unpaired) electrons. The molecule has 2 aromatic heterocycles. The zero-order valence-electron chi connectivity index (χ0n) is 12.3. The van der Waals surface area contributed by atoms with Crippen molar-refractivity contribution in [1.29, 1.82) is 0 Å². The first-order valence-corrected chi connectivity index (χ1v) is 7.03. The minimum atomic E-state index is -0.599. The molecule has 2 N–H and O–H groups in total. The number of carbonyl (C=O) groups is 1. The SMILES string of the molecule is CC(C)c1ccc(-c2cc3cc(C(=O)NO)cnc3o2)cc1. The summed E-state index contributed by atoms with van der Waals surface area (Å²) in [5.74, 6) is 0.573. The van der Waals surface area contributed by atoms with E-state index in [4.69, 9.17) is 9.62 Å². The highest BCUT2D eigenvalue weighted by Gasteiger charge is 2.11. The lowest BCUT2D eigenvalue weighted by Crippen LogP contribution is -2.18. The average molecular weight is 296 g/mol. The topological polar surface area (TPSA) is 75.4 Å². The van der Waals surface area contributed by atoms with Crippen LogP contribution in [0, 0.1) is 0 Å². The Kier molecular flexibility index (Phi) is 3.65. The minimum Gasteiger partial charge on any atom is -0.438 e. The molecule has 0 spiro atoms. The van der Waals surface area contributed by atoms with E-state index in [0.717, 1.165) is 5.56 Å². The molecule has 22 heavy (non-hydrogen) atoms. The van der Waals surface area contributed by atoms with Gasteiger partial charge in [-0.2, -0.15) is 0 Å². The summed E-state index contributed by atoms with van der Waals surface area (Å²) in [5, 5.41) is 9.38. The first-order valence-electron chi connectivity index (χ1n) is 7.03. The number of nitrogens with one attached hydrogen (secondary N) is 1. The van der Waals surface area contributed by atoms with Crippen LogP contribution in [0.15, 0.2) is 47.0 Å². The maximum absolute atomic E-state index is 11.4. The van der Waals surface area contributed by atoms with Crippen LogP contribution in [0.25, 0.3) is 22.4 Å². The predicted octanol–water partition coefficient (Wildman–Crippen LogP) is 3.74. The van der Waals surface area contributed by atoms with E-state index in [1.807, 2.05) is 18.2 Å². The van der Waals surface area contributed by atoms with Crippen molar-refractivity contribution in [1.82, 2.24) is 10.5 Å². The Bertz CT molecular complexity index is 820. The summed E-state index contributed by atoms with van der Waals surface area (Å²) in [6.45, 7) is 4.29. The Balaban J connectivity index is 1.99. The summed E-state index contributed by atoms with van der Waals surface area (Å²) in [6, 6.07) is 11.6. The number of benzene rings is 1. The van der Waals surface area contributed by atoms with E-state index in [2.05, 4.69) is 31.0 Å². The Labute approximate surface area is 127 Å². The maximum atomic E-state index is 11.4. The largest absolute Gasteiger partial charge is 0.438 e. The van der Waals surface area contributed by atoms with E-state index in [1.54, 1.807) is 11.5 Å². The van der Waals surface area contributed by atoms with Gasteiger partial charge in [-0.15, -0.1) is 0 Å². The van der Waals surface area contributed by atoms with Gasteiger partial charge in [-0.3, -0.25) is 10.0 Å². The first-order chi connectivity index (χ1) is 10.6. The second-order valence-electron chi connectivity index (χ2n) is 5.45. The third kappa shape index (κ3) is 2.58. The summed E-state index contributed by atoms with van der Waals surface area (Å²) in [4.78, 5) is 15.5. The molecule has 0 saturated heterocycles. The number of rotatable bonds is 3. The van der Waals surface area contributed by atoms with E-state index in [9.17, 15) is 4.79 Å². The number of nitrogens with zero attached hydrogens (tertiary/aromatic N) is 1. The summed E-state index contributed by atoms with van der Waals surface area (Å²) in [7, 11) is 0. The van der Waals surface area contributed by atoms with Crippen LogP contribution in [0.4, 0.5) is 0 Å². The van der Waals surface area contributed by atoms with Crippen molar-refractivity contribution >= 4 is 17.0 Å². The number of aromatic nitrogens is 1. The normalized spacial score (nSPS) is 11.1. The molecule has 0 aliphatic heterocycles. The van der Waals surface area contributed by atoms with Gasteiger partial charge in [0.25, 0.3) is 5.91 Å². The lowest BCUT2D eigenvalue weighted by molar-refractivity contribution is 0.0706. The van der Waals surface area contributed by atoms with Crippen molar-refractivity contribution in [3.05, 3.63) is 53.7 Å². The van der Waals surface area contributed by atoms with E-state index >= 15 is 0 Å². The third-order valence-corrected chi connectivity index (χ3v) is 3.60. The zero-order chi connectivity index (χ0) is 15.7. The first kappa shape index (κ1) is 14.3. The predicted molar refractivity (Wildman–Crippen MR) is 82.8 cm³/mol. The molecule has 0 aliphatic carbocycles. The van der Waals surface area contributed by atoms with Gasteiger partial charge in [0.2, 0.25) is 5.71 Å². The van der Waals surface area contributed by atoms with Crippen LogP contribution >= 0.6 is 0 Å². The Morgan fingerprint density at radius 3 is 2.59 bits per heavy atom. The quantitative estimate of drug-likeness (QED) is 0.570. The van der Waals surface area contributed by atoms with Gasteiger partial charge in [0.15, 0.2) is 0 Å². The Morgan fingerprint density at radius 1 is 1.23 bits per heavy atom. The zero-order valence-corrected chi connectivity index (χ0v) is 12.3. The molecule has 2 heterocycles. The van der Waals surface area contributed by atoms with Gasteiger partial charge >= 0.3 is 0 Å². The smallest absolute Gasteiger partial charge is 0.276 e. The van der Waals surface area contributed by atoms with Crippen molar-refractivity contribution in [3.63, 3.8) is 0 Å². The molecule has 0 bridgehead atoms. The fourth-order valence-electron chi connectivity index (χ4n) is 2.30. The van der Waals surface area contributed by atoms with Crippen LogP contribution in [0.1, 0.15) is 35.7 Å². The second kappa shape index (κ2) is 5.61. The standard InChI is InChI=1S/C17H16N2O3/c1-10(2)11-3-5-12(6-4-11)15-8-13-7-14(16(20)19-21)9-18-17(13)22-15/h3-10,21H,1-2H3,(H,19,20). The number of carbonyl (C=O) groups excluding carboxylic acids is 1. The molecule has 5 nitrogen and oxygen atoms in total. The van der Waals surface area contributed by atoms with Gasteiger partial charge < -0.3 is 4.42 Å². The van der Waals surface area contributed by atoms with Gasteiger partial charge in [-0.05, 0) is 23.6 Å². The summed E-state index contributed by atoms with van der Waals surface area (Å²) in [6.07, 6.45) is 1.36. The monoisotopic (exact) mass is 296 g/mol. The molecule has 0 atom stereocenters. The lowest BCUT2D eigenvalue weighted by Gasteiger charge is -2.05. The van der Waals surface area contributed by atoms with Gasteiger partial charge in [-0.1, -0.05) is 38.1 Å². The summed E-state index contributed by atoms with van der Waals surface area (Å²) < 4.78 is 5.72. The highest BCUT2D eigenvalue weighted by Crippen LogP contribution is 2.28. The number of furan rings is 1. The molecule has 5 heteroatoms. The number of fused-ring (bicyclic) bond motifs is 1. The van der Waals surface area contributed by atoms with Crippen LogP contribution in [0.5, 0.6) is 0 Å². The fourth-order valence-corrected chi connectivity index (χ4v) is 2.30. The van der Waals surface area contributed by atoms with Crippen molar-refractivity contribution < 1.29 is 14.4 Å². The van der Waals surface area contributed by atoms with Gasteiger partial charge in [-0.25, -0.2) is 10.5 Å². The molecule has 3 rings (SSSR count). The molecule has 0 fully saturated rings. The maximum Gasteiger partial charge on any atom is 0.276 e. The van der Waals surface area contributed by atoms with E-state index < -0.39 is 5.91 Å². The van der Waals surface area contributed by atoms with Crippen LogP contribution in [0.2, 0.25) is 0 Å². The van der Waals surface area contributed by atoms with Crippen molar-refractivity contribution in [2.45, 2.75) is 19.8 Å². The molecule has 0 unspecified atom stereocenters. The van der Waals surface area contributed by atoms with E-state index in [1.165, 1.54) is 11.8 Å². The minimum absolute atomic E-state index is 0.275. The molecule has 1 amide bonds. The Hall–Kier alpha value is -2.66. The van der Waals surface area contributed by atoms with Crippen molar-refractivity contribution in [3.8, 4) is 11.3 Å². The molecule has 112 valence electrons. The fraction of sp³-hybridized carbons (Fsp3) is 0.176. The number of hydroxylamine groups is 1. The molecule has 0 saturated carbocycles. The third-order valence-electron chi connectivity index (χ3n) is 3.60. The summed E-state index contributed by atoms with van der Waals surface area (Å²) in [5.41, 5.74) is 4.54. The van der Waals surface area contributed by atoms with E-state index in [-0.39, 0.29) is 5.56 Å². The molecular weight excluding hydrogens is 280 g/mol. The number of amides is 1. The lowest BCUT2D eigenvalue weighted by atomic mass is 10.0. The van der Waals surface area contributed by atoms with Gasteiger partial charge in [0, 0.05) is 17.1 Å². The second-order valence-corrected chi connectivity index (χ2v) is 5.45. The van der Waals surface area contributed by atoms with Crippen LogP contribution in [-0.2, 0) is 0 Å². The number of pyridine rings is 1. The van der Waals surface area contributed by atoms with Gasteiger partial charge in [0.05, 0.1) is 5.56 Å². The molecule has 3 aromatic rings. The van der Waals surface area contributed by atoms with Crippen LogP contribution in [-0.4, -0.2) is 16.1 Å². The van der Waals surface area contributed by atoms with Gasteiger partial charge in [0.1, 0.15) is 5.76 Å². The highest BCUT2D eigenvalue weighted by atomic mass is 16.5. The molecule has 0 aliphatic rings. The van der Waals surface area contributed by atoms with Crippen LogP contribution < -0.4 is 5.48 Å². The van der Waals surface area contributed by atoms with E-state index in [0.29, 0.717) is 22.8 Å².